The zero-order valence-corrected chi connectivity index (χ0v) is 19.2. The lowest BCUT2D eigenvalue weighted by Gasteiger charge is -2.18. The molecule has 3 amide bonds. The quantitative estimate of drug-likeness (QED) is 0.507. The first-order chi connectivity index (χ1) is 15.8. The number of anilines is 3. The SMILES string of the molecule is Cc1cccc(NC(=O)c2cccc(NC3=C(Cl)C(=O)N(c4cccc(C)c4C)C3=O)c2)c1. The Morgan fingerprint density at radius 1 is 0.848 bits per heavy atom. The van der Waals surface area contributed by atoms with E-state index in [2.05, 4.69) is 10.6 Å². The molecule has 0 atom stereocenters. The van der Waals surface area contributed by atoms with Gasteiger partial charge < -0.3 is 10.6 Å². The van der Waals surface area contributed by atoms with E-state index in [9.17, 15) is 14.4 Å². The van der Waals surface area contributed by atoms with Gasteiger partial charge in [-0.3, -0.25) is 14.4 Å². The zero-order valence-electron chi connectivity index (χ0n) is 18.4. The summed E-state index contributed by atoms with van der Waals surface area (Å²) >= 11 is 6.26. The maximum absolute atomic E-state index is 13.1. The van der Waals surface area contributed by atoms with E-state index in [1.165, 1.54) is 0 Å². The van der Waals surface area contributed by atoms with Crippen LogP contribution in [0.4, 0.5) is 17.1 Å². The largest absolute Gasteiger partial charge is 0.350 e. The number of nitrogens with zero attached hydrogens (tertiary/aromatic N) is 1. The minimum absolute atomic E-state index is 0.0289. The fraction of sp³-hybridized carbons (Fsp3) is 0.115. The lowest BCUT2D eigenvalue weighted by molar-refractivity contribution is -0.120. The molecule has 0 spiro atoms. The molecule has 1 aliphatic rings. The predicted molar refractivity (Wildman–Crippen MR) is 130 cm³/mol. The molecule has 2 N–H and O–H groups in total. The van der Waals surface area contributed by atoms with Crippen LogP contribution in [0.3, 0.4) is 0 Å². The van der Waals surface area contributed by atoms with Crippen LogP contribution in [0.2, 0.25) is 0 Å². The van der Waals surface area contributed by atoms with Gasteiger partial charge in [0.15, 0.2) is 0 Å². The van der Waals surface area contributed by atoms with Crippen molar-refractivity contribution in [3.05, 3.63) is 99.7 Å². The van der Waals surface area contributed by atoms with Gasteiger partial charge in [-0.2, -0.15) is 0 Å². The summed E-state index contributed by atoms with van der Waals surface area (Å²) in [6, 6.07) is 19.5. The van der Waals surface area contributed by atoms with E-state index >= 15 is 0 Å². The van der Waals surface area contributed by atoms with Crippen molar-refractivity contribution >= 4 is 46.4 Å². The number of carbonyl (C=O) groups is 3. The van der Waals surface area contributed by atoms with E-state index in [0.29, 0.717) is 22.6 Å². The molecule has 0 fully saturated rings. The molecule has 166 valence electrons. The third kappa shape index (κ3) is 4.38. The molecule has 0 aliphatic carbocycles. The van der Waals surface area contributed by atoms with Crippen LogP contribution in [0.25, 0.3) is 0 Å². The Hall–Kier alpha value is -3.90. The zero-order chi connectivity index (χ0) is 23.7. The van der Waals surface area contributed by atoms with Gasteiger partial charge >= 0.3 is 0 Å². The first-order valence-corrected chi connectivity index (χ1v) is 10.7. The van der Waals surface area contributed by atoms with Gasteiger partial charge in [-0.25, -0.2) is 4.90 Å². The smallest absolute Gasteiger partial charge is 0.283 e. The Bertz CT molecular complexity index is 1330. The van der Waals surface area contributed by atoms with Gasteiger partial charge in [0.05, 0.1) is 5.69 Å². The van der Waals surface area contributed by atoms with Crippen molar-refractivity contribution in [2.24, 2.45) is 0 Å². The molecular weight excluding hydrogens is 438 g/mol. The first-order valence-electron chi connectivity index (χ1n) is 10.4. The van der Waals surface area contributed by atoms with Crippen LogP contribution < -0.4 is 15.5 Å². The molecule has 7 heteroatoms. The number of carbonyl (C=O) groups excluding carboxylic acids is 3. The molecule has 0 saturated heterocycles. The van der Waals surface area contributed by atoms with E-state index in [0.717, 1.165) is 21.6 Å². The van der Waals surface area contributed by atoms with Crippen LogP contribution >= 0.6 is 11.6 Å². The van der Waals surface area contributed by atoms with Crippen LogP contribution in [0.5, 0.6) is 0 Å². The summed E-state index contributed by atoms with van der Waals surface area (Å²) < 4.78 is 0. The summed E-state index contributed by atoms with van der Waals surface area (Å²) in [6.45, 7) is 5.70. The van der Waals surface area contributed by atoms with Crippen LogP contribution in [0.15, 0.2) is 77.5 Å². The van der Waals surface area contributed by atoms with Crippen molar-refractivity contribution < 1.29 is 14.4 Å². The summed E-state index contributed by atoms with van der Waals surface area (Å²) in [4.78, 5) is 39.7. The molecule has 0 saturated carbocycles. The van der Waals surface area contributed by atoms with Crippen molar-refractivity contribution in [3.8, 4) is 0 Å². The van der Waals surface area contributed by atoms with Gasteiger partial charge in [-0.1, -0.05) is 41.9 Å². The molecule has 3 aromatic rings. The van der Waals surface area contributed by atoms with E-state index < -0.39 is 11.8 Å². The Labute approximate surface area is 196 Å². The van der Waals surface area contributed by atoms with Crippen molar-refractivity contribution in [1.82, 2.24) is 0 Å². The van der Waals surface area contributed by atoms with E-state index in [-0.39, 0.29) is 16.6 Å². The summed E-state index contributed by atoms with van der Waals surface area (Å²) in [7, 11) is 0. The molecule has 0 unspecified atom stereocenters. The summed E-state index contributed by atoms with van der Waals surface area (Å²) in [5.41, 5.74) is 4.81. The highest BCUT2D eigenvalue weighted by molar-refractivity contribution is 6.53. The number of halogens is 1. The van der Waals surface area contributed by atoms with Gasteiger partial charge in [0.25, 0.3) is 17.7 Å². The molecule has 0 bridgehead atoms. The van der Waals surface area contributed by atoms with Crippen molar-refractivity contribution in [2.75, 3.05) is 15.5 Å². The van der Waals surface area contributed by atoms with Gasteiger partial charge in [0.1, 0.15) is 10.7 Å². The number of benzene rings is 3. The summed E-state index contributed by atoms with van der Waals surface area (Å²) in [5.74, 6) is -1.44. The van der Waals surface area contributed by atoms with Crippen LogP contribution in [-0.4, -0.2) is 17.7 Å². The van der Waals surface area contributed by atoms with Crippen molar-refractivity contribution in [2.45, 2.75) is 20.8 Å². The van der Waals surface area contributed by atoms with Crippen LogP contribution in [0, 0.1) is 20.8 Å². The number of amides is 3. The minimum atomic E-state index is -0.591. The number of hydrogen-bond acceptors (Lipinski definition) is 4. The molecule has 1 aliphatic heterocycles. The predicted octanol–water partition coefficient (Wildman–Crippen LogP) is 5.30. The monoisotopic (exact) mass is 459 g/mol. The summed E-state index contributed by atoms with van der Waals surface area (Å²) in [5, 5.41) is 5.58. The Balaban J connectivity index is 1.56. The highest BCUT2D eigenvalue weighted by Crippen LogP contribution is 2.33. The molecule has 1 heterocycles. The van der Waals surface area contributed by atoms with Gasteiger partial charge in [-0.05, 0) is 73.9 Å². The van der Waals surface area contributed by atoms with Gasteiger partial charge in [0, 0.05) is 16.9 Å². The Morgan fingerprint density at radius 3 is 2.30 bits per heavy atom. The third-order valence-electron chi connectivity index (χ3n) is 5.51. The normalized spacial score (nSPS) is 13.5. The fourth-order valence-electron chi connectivity index (χ4n) is 3.62. The highest BCUT2D eigenvalue weighted by atomic mass is 35.5. The molecule has 0 aromatic heterocycles. The van der Waals surface area contributed by atoms with E-state index in [4.69, 9.17) is 11.6 Å². The molecule has 0 radical (unpaired) electrons. The average molecular weight is 460 g/mol. The number of imide groups is 1. The van der Waals surface area contributed by atoms with Gasteiger partial charge in [0.2, 0.25) is 0 Å². The first kappa shape index (κ1) is 22.3. The molecule has 33 heavy (non-hydrogen) atoms. The Kier molecular flexibility index (Phi) is 6.03. The Morgan fingerprint density at radius 2 is 1.55 bits per heavy atom. The topological polar surface area (TPSA) is 78.5 Å². The molecule has 3 aromatic carbocycles. The van der Waals surface area contributed by atoms with Crippen molar-refractivity contribution in [1.29, 1.82) is 0 Å². The van der Waals surface area contributed by atoms with Crippen molar-refractivity contribution in [3.63, 3.8) is 0 Å². The van der Waals surface area contributed by atoms with Crippen LogP contribution in [-0.2, 0) is 9.59 Å². The third-order valence-corrected chi connectivity index (χ3v) is 5.86. The number of nitrogens with one attached hydrogen (secondary N) is 2. The minimum Gasteiger partial charge on any atom is -0.350 e. The number of hydrogen-bond donors (Lipinski definition) is 2. The van der Waals surface area contributed by atoms with E-state index in [1.54, 1.807) is 36.4 Å². The summed E-state index contributed by atoms with van der Waals surface area (Å²) in [6.07, 6.45) is 0. The standard InChI is InChI=1S/C26H22ClN3O3/c1-15-7-4-10-19(13-15)29-24(31)18-9-6-11-20(14-18)28-23-22(27)25(32)30(26(23)33)21-12-5-8-16(2)17(21)3/h4-14,28H,1-3H3,(H,29,31). The average Bonchev–Trinajstić information content (AvgIpc) is 2.99. The lowest BCUT2D eigenvalue weighted by atomic mass is 10.1. The fourth-order valence-corrected chi connectivity index (χ4v) is 3.83. The number of aryl methyl sites for hydroxylation is 2. The second kappa shape index (κ2) is 8.92. The lowest BCUT2D eigenvalue weighted by Crippen LogP contribution is -2.33. The van der Waals surface area contributed by atoms with Crippen LogP contribution in [0.1, 0.15) is 27.0 Å². The number of rotatable bonds is 5. The maximum atomic E-state index is 13.1. The van der Waals surface area contributed by atoms with Gasteiger partial charge in [-0.15, -0.1) is 0 Å². The van der Waals surface area contributed by atoms with E-state index in [1.807, 2.05) is 51.1 Å². The molecular formula is C26H22ClN3O3. The molecule has 4 rings (SSSR count). The molecule has 6 nitrogen and oxygen atoms in total. The second-order valence-electron chi connectivity index (χ2n) is 7.88. The second-order valence-corrected chi connectivity index (χ2v) is 8.26. The maximum Gasteiger partial charge on any atom is 0.283 e. The highest BCUT2D eigenvalue weighted by Gasteiger charge is 2.39.